The van der Waals surface area contributed by atoms with E-state index in [0.29, 0.717) is 5.84 Å². The van der Waals surface area contributed by atoms with Gasteiger partial charge < -0.3 is 14.3 Å². The average Bonchev–Trinajstić information content (AvgIpc) is 3.82. The van der Waals surface area contributed by atoms with Gasteiger partial charge in [0.05, 0.1) is 11.0 Å². The molecule has 1 atom stereocenters. The molecule has 11 rings (SSSR count). The standard InChI is InChI=1S/C51H34N4O/c1-3-12-33(13-4-1)35-22-24-36(25-23-35)49-52-50(38-17-11-16-37(30-38)34-14-5-2-6-15-34)54-51(53-49)39-26-28-42-41-18-7-9-20-45(41)55(46(42)31-39)40-27-29-48-44(32-40)43-19-8-10-21-47(43)56-48/h1-32,51H,(H,52,53,54). The fourth-order valence-electron chi connectivity index (χ4n) is 8.10. The number of rotatable bonds is 6. The second kappa shape index (κ2) is 13.1. The summed E-state index contributed by atoms with van der Waals surface area (Å²) in [6.07, 6.45) is -0.386. The van der Waals surface area contributed by atoms with Crippen molar-refractivity contribution in [2.45, 2.75) is 6.17 Å². The van der Waals surface area contributed by atoms with Gasteiger partial charge in [0.1, 0.15) is 23.2 Å². The minimum atomic E-state index is -0.386. The van der Waals surface area contributed by atoms with Crippen molar-refractivity contribution in [2.24, 2.45) is 9.98 Å². The Labute approximate surface area is 323 Å². The number of fused-ring (bicyclic) bond motifs is 6. The fourth-order valence-corrected chi connectivity index (χ4v) is 8.10. The van der Waals surface area contributed by atoms with E-state index in [1.807, 2.05) is 24.3 Å². The van der Waals surface area contributed by atoms with Crippen LogP contribution in [-0.2, 0) is 0 Å². The number of nitrogens with zero attached hydrogens (tertiary/aromatic N) is 3. The van der Waals surface area contributed by atoms with E-state index in [1.54, 1.807) is 0 Å². The lowest BCUT2D eigenvalue weighted by molar-refractivity contribution is 0.669. The molecule has 1 aliphatic rings. The molecule has 0 aliphatic carbocycles. The van der Waals surface area contributed by atoms with Crippen LogP contribution in [0.1, 0.15) is 22.9 Å². The minimum absolute atomic E-state index is 0.386. The van der Waals surface area contributed by atoms with Crippen LogP contribution in [0, 0.1) is 0 Å². The zero-order valence-electron chi connectivity index (χ0n) is 30.3. The molecule has 8 aromatic carbocycles. The van der Waals surface area contributed by atoms with E-state index < -0.39 is 0 Å². The van der Waals surface area contributed by atoms with Crippen molar-refractivity contribution in [3.8, 4) is 27.9 Å². The smallest absolute Gasteiger partial charge is 0.159 e. The Morgan fingerprint density at radius 3 is 1.88 bits per heavy atom. The van der Waals surface area contributed by atoms with Crippen LogP contribution >= 0.6 is 0 Å². The van der Waals surface area contributed by atoms with Gasteiger partial charge in [-0.15, -0.1) is 0 Å². The quantitative estimate of drug-likeness (QED) is 0.186. The van der Waals surface area contributed by atoms with Crippen LogP contribution in [0.5, 0.6) is 0 Å². The summed E-state index contributed by atoms with van der Waals surface area (Å²) in [5.74, 6) is 1.47. The molecule has 0 amide bonds. The lowest BCUT2D eigenvalue weighted by atomic mass is 10.0. The lowest BCUT2D eigenvalue weighted by Crippen LogP contribution is -2.33. The highest BCUT2D eigenvalue weighted by molar-refractivity contribution is 6.14. The number of hydrogen-bond donors (Lipinski definition) is 1. The van der Waals surface area contributed by atoms with Gasteiger partial charge in [0.15, 0.2) is 5.84 Å². The van der Waals surface area contributed by atoms with Crippen LogP contribution in [0.3, 0.4) is 0 Å². The zero-order chi connectivity index (χ0) is 37.0. The minimum Gasteiger partial charge on any atom is -0.456 e. The molecule has 56 heavy (non-hydrogen) atoms. The summed E-state index contributed by atoms with van der Waals surface area (Å²) in [4.78, 5) is 10.5. The van der Waals surface area contributed by atoms with Crippen LogP contribution in [0.25, 0.3) is 71.7 Å². The van der Waals surface area contributed by atoms with Crippen molar-refractivity contribution in [3.05, 3.63) is 211 Å². The molecule has 1 N–H and O–H groups in total. The summed E-state index contributed by atoms with van der Waals surface area (Å²) < 4.78 is 8.57. The van der Waals surface area contributed by atoms with Crippen molar-refractivity contribution >= 4 is 55.4 Å². The molecule has 0 fully saturated rings. The third kappa shape index (κ3) is 5.48. The summed E-state index contributed by atoms with van der Waals surface area (Å²) in [6, 6.07) is 68.1. The molecular formula is C51H34N4O. The van der Waals surface area contributed by atoms with Gasteiger partial charge in [0.25, 0.3) is 0 Å². The van der Waals surface area contributed by atoms with E-state index in [-0.39, 0.29) is 6.17 Å². The maximum absolute atomic E-state index is 6.21. The number of hydrogen-bond acceptors (Lipinski definition) is 4. The first-order valence-electron chi connectivity index (χ1n) is 18.9. The Kier molecular flexibility index (Phi) is 7.49. The third-order valence-electron chi connectivity index (χ3n) is 10.9. The topological polar surface area (TPSA) is 54.8 Å². The molecule has 5 nitrogen and oxygen atoms in total. The highest BCUT2D eigenvalue weighted by Gasteiger charge is 2.23. The van der Waals surface area contributed by atoms with Gasteiger partial charge >= 0.3 is 0 Å². The molecule has 1 aliphatic heterocycles. The molecule has 0 spiro atoms. The van der Waals surface area contributed by atoms with E-state index in [4.69, 9.17) is 14.4 Å². The van der Waals surface area contributed by atoms with Gasteiger partial charge in [-0.05, 0) is 70.3 Å². The van der Waals surface area contributed by atoms with E-state index in [1.165, 1.54) is 16.3 Å². The Balaban J connectivity index is 1.06. The van der Waals surface area contributed by atoms with E-state index >= 15 is 0 Å². The number of aromatic nitrogens is 1. The van der Waals surface area contributed by atoms with Gasteiger partial charge in [0, 0.05) is 38.4 Å². The Morgan fingerprint density at radius 2 is 1.05 bits per heavy atom. The molecule has 0 saturated carbocycles. The molecule has 1 unspecified atom stereocenters. The summed E-state index contributed by atoms with van der Waals surface area (Å²) >= 11 is 0. The molecule has 0 radical (unpaired) electrons. The summed E-state index contributed by atoms with van der Waals surface area (Å²) in [6.45, 7) is 0. The van der Waals surface area contributed by atoms with Gasteiger partial charge in [-0.25, -0.2) is 9.98 Å². The molecule has 10 aromatic rings. The van der Waals surface area contributed by atoms with Crippen molar-refractivity contribution in [1.82, 2.24) is 9.88 Å². The molecular weight excluding hydrogens is 685 g/mol. The van der Waals surface area contributed by atoms with Crippen LogP contribution in [0.15, 0.2) is 209 Å². The van der Waals surface area contributed by atoms with Crippen LogP contribution in [0.4, 0.5) is 0 Å². The van der Waals surface area contributed by atoms with E-state index in [0.717, 1.165) is 77.9 Å². The number of furan rings is 1. The monoisotopic (exact) mass is 718 g/mol. The summed E-state index contributed by atoms with van der Waals surface area (Å²) in [7, 11) is 0. The van der Waals surface area contributed by atoms with Crippen molar-refractivity contribution < 1.29 is 4.42 Å². The predicted molar refractivity (Wildman–Crippen MR) is 231 cm³/mol. The molecule has 2 aromatic heterocycles. The maximum atomic E-state index is 6.21. The van der Waals surface area contributed by atoms with E-state index in [9.17, 15) is 0 Å². The first kappa shape index (κ1) is 32.0. The summed E-state index contributed by atoms with van der Waals surface area (Å²) in [5, 5.41) is 8.32. The van der Waals surface area contributed by atoms with E-state index in [2.05, 4.69) is 180 Å². The highest BCUT2D eigenvalue weighted by Crippen LogP contribution is 2.37. The highest BCUT2D eigenvalue weighted by atomic mass is 16.3. The Hall–Kier alpha value is -7.50. The molecule has 0 saturated heterocycles. The SMILES string of the molecule is c1ccc(-c2ccc(C3=NC(c4cccc(-c5ccccc5)c4)=NC(c4ccc5c6ccccc6n(-c6ccc7oc8ccccc8c7c6)c5c4)N3)cc2)cc1. The van der Waals surface area contributed by atoms with Gasteiger partial charge in [-0.3, -0.25) is 0 Å². The van der Waals surface area contributed by atoms with Crippen molar-refractivity contribution in [3.63, 3.8) is 0 Å². The number of amidine groups is 2. The third-order valence-corrected chi connectivity index (χ3v) is 10.9. The average molecular weight is 719 g/mol. The largest absolute Gasteiger partial charge is 0.456 e. The predicted octanol–water partition coefficient (Wildman–Crippen LogP) is 12.5. The van der Waals surface area contributed by atoms with Crippen molar-refractivity contribution in [2.75, 3.05) is 0 Å². The van der Waals surface area contributed by atoms with Gasteiger partial charge in [0.2, 0.25) is 0 Å². The number of benzene rings is 8. The lowest BCUT2D eigenvalue weighted by Gasteiger charge is -2.24. The Morgan fingerprint density at radius 1 is 0.429 bits per heavy atom. The van der Waals surface area contributed by atoms with Gasteiger partial charge in [-0.1, -0.05) is 152 Å². The van der Waals surface area contributed by atoms with Crippen LogP contribution < -0.4 is 5.32 Å². The van der Waals surface area contributed by atoms with Crippen LogP contribution in [0.2, 0.25) is 0 Å². The van der Waals surface area contributed by atoms with Crippen molar-refractivity contribution in [1.29, 1.82) is 0 Å². The normalized spacial score (nSPS) is 14.2. The first-order valence-corrected chi connectivity index (χ1v) is 18.9. The fraction of sp³-hybridized carbons (Fsp3) is 0.0196. The second-order valence-corrected chi connectivity index (χ2v) is 14.3. The first-order chi connectivity index (χ1) is 27.7. The second-order valence-electron chi connectivity index (χ2n) is 14.3. The molecule has 0 bridgehead atoms. The van der Waals surface area contributed by atoms with Crippen LogP contribution in [-0.4, -0.2) is 16.2 Å². The number of nitrogens with one attached hydrogen (secondary N) is 1. The zero-order valence-corrected chi connectivity index (χ0v) is 30.3. The molecule has 5 heteroatoms. The van der Waals surface area contributed by atoms with Gasteiger partial charge in [-0.2, -0.15) is 0 Å². The molecule has 264 valence electrons. The number of para-hydroxylation sites is 2. The maximum Gasteiger partial charge on any atom is 0.159 e. The molecule has 3 heterocycles. The number of aliphatic imine (C=N–C) groups is 2. The summed E-state index contributed by atoms with van der Waals surface area (Å²) in [5.41, 5.74) is 12.7. The Bertz CT molecular complexity index is 3150.